The first-order valence-electron chi connectivity index (χ1n) is 4.63. The number of nitrogens with zero attached hydrogens (tertiary/aromatic N) is 1. The molecule has 2 nitrogen and oxygen atoms in total. The van der Waals surface area contributed by atoms with Gasteiger partial charge < -0.3 is 5.73 Å². The van der Waals surface area contributed by atoms with E-state index in [0.717, 1.165) is 17.8 Å². The highest BCUT2D eigenvalue weighted by Gasteiger charge is 2.30. The minimum absolute atomic E-state index is 0.327. The maximum Gasteiger partial charge on any atom is 0.265 e. The van der Waals surface area contributed by atoms with Crippen LogP contribution in [0.25, 0.3) is 0 Å². The van der Waals surface area contributed by atoms with Crippen LogP contribution in [0.1, 0.15) is 29.5 Å². The molecular formula is C9H12F2N2S. The van der Waals surface area contributed by atoms with Crippen molar-refractivity contribution in [3.8, 4) is 0 Å². The van der Waals surface area contributed by atoms with Crippen LogP contribution >= 0.6 is 11.3 Å². The first-order valence-corrected chi connectivity index (χ1v) is 5.51. The summed E-state index contributed by atoms with van der Waals surface area (Å²) in [4.78, 5) is 4.19. The Morgan fingerprint density at radius 1 is 1.57 bits per heavy atom. The van der Waals surface area contributed by atoms with Crippen molar-refractivity contribution < 1.29 is 8.78 Å². The second-order valence-electron chi connectivity index (χ2n) is 3.69. The lowest BCUT2D eigenvalue weighted by Crippen LogP contribution is -2.30. The molecule has 0 spiro atoms. The summed E-state index contributed by atoms with van der Waals surface area (Å²) in [6.45, 7) is -0.608. The average molecular weight is 218 g/mol. The van der Waals surface area contributed by atoms with E-state index in [0.29, 0.717) is 11.6 Å². The predicted molar refractivity (Wildman–Crippen MR) is 51.8 cm³/mol. The van der Waals surface area contributed by atoms with Crippen molar-refractivity contribution in [3.05, 3.63) is 16.1 Å². The molecule has 1 aromatic rings. The Balaban J connectivity index is 2.02. The van der Waals surface area contributed by atoms with Gasteiger partial charge in [-0.05, 0) is 12.8 Å². The molecule has 0 aromatic carbocycles. The van der Waals surface area contributed by atoms with Crippen molar-refractivity contribution in [3.63, 3.8) is 0 Å². The van der Waals surface area contributed by atoms with E-state index in [4.69, 9.17) is 5.73 Å². The summed E-state index contributed by atoms with van der Waals surface area (Å²) in [7, 11) is 0. The predicted octanol–water partition coefficient (Wildman–Crippen LogP) is 2.16. The third-order valence-corrected chi connectivity index (χ3v) is 3.29. The molecule has 1 saturated carbocycles. The molecule has 1 aliphatic carbocycles. The van der Waals surface area contributed by atoms with Gasteiger partial charge in [-0.15, -0.1) is 11.3 Å². The number of hydrogen-bond donors (Lipinski definition) is 1. The summed E-state index contributed by atoms with van der Waals surface area (Å²) in [5.41, 5.74) is 5.44. The highest BCUT2D eigenvalue weighted by atomic mass is 32.1. The molecule has 0 atom stereocenters. The standard InChI is InChI=1S/C9H12F2N2S/c10-9(11,5-12)3-7-4-14-8(13-7)6-1-2-6/h4,6H,1-3,5,12H2. The van der Waals surface area contributed by atoms with E-state index >= 15 is 0 Å². The van der Waals surface area contributed by atoms with Gasteiger partial charge >= 0.3 is 0 Å². The number of nitrogens with two attached hydrogens (primary N) is 1. The first kappa shape index (κ1) is 9.98. The van der Waals surface area contributed by atoms with Crippen molar-refractivity contribution in [1.82, 2.24) is 4.98 Å². The fourth-order valence-corrected chi connectivity index (χ4v) is 2.25. The van der Waals surface area contributed by atoms with Gasteiger partial charge in [-0.25, -0.2) is 13.8 Å². The molecule has 0 unspecified atom stereocenters. The van der Waals surface area contributed by atoms with Crippen LogP contribution in [-0.4, -0.2) is 17.5 Å². The van der Waals surface area contributed by atoms with Crippen molar-refractivity contribution in [1.29, 1.82) is 0 Å². The maximum atomic E-state index is 12.9. The molecule has 1 aromatic heterocycles. The zero-order valence-electron chi connectivity index (χ0n) is 7.67. The molecule has 1 heterocycles. The summed E-state index contributed by atoms with van der Waals surface area (Å²) in [6.07, 6.45) is 1.98. The van der Waals surface area contributed by atoms with Crippen LogP contribution in [0.5, 0.6) is 0 Å². The van der Waals surface area contributed by atoms with E-state index in [-0.39, 0.29) is 6.42 Å². The van der Waals surface area contributed by atoms with Crippen LogP contribution in [0.2, 0.25) is 0 Å². The lowest BCUT2D eigenvalue weighted by molar-refractivity contribution is 0.0107. The second kappa shape index (κ2) is 3.55. The smallest absolute Gasteiger partial charge is 0.265 e. The van der Waals surface area contributed by atoms with E-state index in [9.17, 15) is 8.78 Å². The van der Waals surface area contributed by atoms with E-state index < -0.39 is 12.5 Å². The zero-order chi connectivity index (χ0) is 10.2. The highest BCUT2D eigenvalue weighted by molar-refractivity contribution is 7.09. The van der Waals surface area contributed by atoms with E-state index in [2.05, 4.69) is 4.98 Å². The van der Waals surface area contributed by atoms with Gasteiger partial charge in [0, 0.05) is 11.3 Å². The molecule has 1 aliphatic rings. The lowest BCUT2D eigenvalue weighted by Gasteiger charge is -2.11. The van der Waals surface area contributed by atoms with Gasteiger partial charge in [-0.3, -0.25) is 0 Å². The number of hydrogen-bond acceptors (Lipinski definition) is 3. The molecule has 78 valence electrons. The second-order valence-corrected chi connectivity index (χ2v) is 4.58. The Bertz CT molecular complexity index is 320. The number of rotatable bonds is 4. The molecule has 0 saturated heterocycles. The lowest BCUT2D eigenvalue weighted by atomic mass is 10.2. The van der Waals surface area contributed by atoms with E-state index in [1.165, 1.54) is 11.3 Å². The minimum atomic E-state index is -2.81. The quantitative estimate of drug-likeness (QED) is 0.841. The van der Waals surface area contributed by atoms with Crippen LogP contribution < -0.4 is 5.73 Å². The van der Waals surface area contributed by atoms with Crippen molar-refractivity contribution in [2.75, 3.05) is 6.54 Å². The number of halogens is 2. The Morgan fingerprint density at radius 3 is 2.86 bits per heavy atom. The number of aromatic nitrogens is 1. The van der Waals surface area contributed by atoms with E-state index in [1.54, 1.807) is 5.38 Å². The number of thiazole rings is 1. The Labute approximate surface area is 85.1 Å². The highest BCUT2D eigenvalue weighted by Crippen LogP contribution is 2.41. The summed E-state index contributed by atoms with van der Waals surface area (Å²) < 4.78 is 25.8. The van der Waals surface area contributed by atoms with Gasteiger partial charge in [0.05, 0.1) is 23.7 Å². The van der Waals surface area contributed by atoms with Crippen molar-refractivity contribution in [2.24, 2.45) is 5.73 Å². The zero-order valence-corrected chi connectivity index (χ0v) is 8.49. The molecular weight excluding hydrogens is 206 g/mol. The van der Waals surface area contributed by atoms with Gasteiger partial charge in [0.25, 0.3) is 5.92 Å². The van der Waals surface area contributed by atoms with E-state index in [1.807, 2.05) is 0 Å². The van der Waals surface area contributed by atoms with Crippen LogP contribution in [0.4, 0.5) is 8.78 Å². The van der Waals surface area contributed by atoms with Crippen molar-refractivity contribution in [2.45, 2.75) is 31.1 Å². The molecule has 14 heavy (non-hydrogen) atoms. The summed E-state index contributed by atoms with van der Waals surface area (Å²) >= 11 is 1.49. The molecule has 2 rings (SSSR count). The fraction of sp³-hybridized carbons (Fsp3) is 0.667. The minimum Gasteiger partial charge on any atom is -0.325 e. The summed E-state index contributed by atoms with van der Waals surface area (Å²) in [5, 5.41) is 2.73. The van der Waals surface area contributed by atoms with Gasteiger partial charge in [0.1, 0.15) is 0 Å². The first-order chi connectivity index (χ1) is 6.61. The van der Waals surface area contributed by atoms with Gasteiger partial charge in [-0.2, -0.15) is 0 Å². The molecule has 1 fully saturated rings. The van der Waals surface area contributed by atoms with Crippen LogP contribution in [0, 0.1) is 0 Å². The Morgan fingerprint density at radius 2 is 2.29 bits per heavy atom. The van der Waals surface area contributed by atoms with Gasteiger partial charge in [0.15, 0.2) is 0 Å². The van der Waals surface area contributed by atoms with Crippen LogP contribution in [0.3, 0.4) is 0 Å². The Hall–Kier alpha value is -0.550. The molecule has 0 bridgehead atoms. The topological polar surface area (TPSA) is 38.9 Å². The molecule has 2 N–H and O–H groups in total. The molecule has 0 amide bonds. The summed E-state index contributed by atoms with van der Waals surface area (Å²) in [5.74, 6) is -2.27. The third kappa shape index (κ3) is 2.27. The number of alkyl halides is 2. The largest absolute Gasteiger partial charge is 0.325 e. The van der Waals surface area contributed by atoms with Gasteiger partial charge in [-0.1, -0.05) is 0 Å². The van der Waals surface area contributed by atoms with Gasteiger partial charge in [0.2, 0.25) is 0 Å². The molecule has 5 heteroatoms. The monoisotopic (exact) mass is 218 g/mol. The molecule has 0 aliphatic heterocycles. The van der Waals surface area contributed by atoms with Crippen LogP contribution in [0.15, 0.2) is 5.38 Å². The third-order valence-electron chi connectivity index (χ3n) is 2.23. The average Bonchev–Trinajstić information content (AvgIpc) is 2.89. The molecule has 0 radical (unpaired) electrons. The van der Waals surface area contributed by atoms with Crippen molar-refractivity contribution >= 4 is 11.3 Å². The maximum absolute atomic E-state index is 12.9. The fourth-order valence-electron chi connectivity index (χ4n) is 1.26. The normalized spacial score (nSPS) is 17.4. The summed E-state index contributed by atoms with van der Waals surface area (Å²) in [6, 6.07) is 0. The SMILES string of the molecule is NCC(F)(F)Cc1csc(C2CC2)n1. The Kier molecular flexibility index (Phi) is 2.53. The van der Waals surface area contributed by atoms with Crippen LogP contribution in [-0.2, 0) is 6.42 Å².